The number of carbonyl (C=O) groups excluding carboxylic acids is 1. The maximum Gasteiger partial charge on any atom is 0.266 e. The van der Waals surface area contributed by atoms with Crippen molar-refractivity contribution in [2.45, 2.75) is 40.2 Å². The lowest BCUT2D eigenvalue weighted by Crippen LogP contribution is -2.40. The first-order chi connectivity index (χ1) is 11.4. The minimum absolute atomic E-state index is 0.0358. The Morgan fingerprint density at radius 3 is 2.58 bits per heavy atom. The van der Waals surface area contributed by atoms with Crippen molar-refractivity contribution < 1.29 is 9.21 Å². The lowest BCUT2D eigenvalue weighted by atomic mass is 9.96. The van der Waals surface area contributed by atoms with Gasteiger partial charge in [-0.3, -0.25) is 9.59 Å². The zero-order valence-corrected chi connectivity index (χ0v) is 14.4. The Kier molecular flexibility index (Phi) is 4.55. The van der Waals surface area contributed by atoms with E-state index in [4.69, 9.17) is 4.42 Å². The molecule has 3 rings (SSSR count). The Morgan fingerprint density at radius 2 is 1.96 bits per heavy atom. The fourth-order valence-electron chi connectivity index (χ4n) is 3.26. The Morgan fingerprint density at radius 1 is 1.25 bits per heavy atom. The van der Waals surface area contributed by atoms with E-state index < -0.39 is 0 Å². The smallest absolute Gasteiger partial charge is 0.266 e. The van der Waals surface area contributed by atoms with Gasteiger partial charge in [0.1, 0.15) is 11.5 Å². The number of likely N-dealkylation sites (tertiary alicyclic amines) is 1. The minimum Gasteiger partial charge on any atom is -0.466 e. The van der Waals surface area contributed by atoms with Crippen molar-refractivity contribution in [3.63, 3.8) is 0 Å². The van der Waals surface area contributed by atoms with Gasteiger partial charge in [-0.2, -0.15) is 5.10 Å². The average Bonchev–Trinajstić information content (AvgIpc) is 2.89. The number of amides is 1. The highest BCUT2D eigenvalue weighted by atomic mass is 16.3. The molecule has 6 heteroatoms. The van der Waals surface area contributed by atoms with E-state index in [1.165, 1.54) is 0 Å². The normalized spacial score (nSPS) is 15.7. The molecule has 0 N–H and O–H groups in total. The summed E-state index contributed by atoms with van der Waals surface area (Å²) < 4.78 is 7.00. The quantitative estimate of drug-likeness (QED) is 0.866. The van der Waals surface area contributed by atoms with Gasteiger partial charge < -0.3 is 9.32 Å². The minimum atomic E-state index is -0.0661. The van der Waals surface area contributed by atoms with E-state index in [9.17, 15) is 9.59 Å². The van der Waals surface area contributed by atoms with Crippen molar-refractivity contribution in [2.75, 3.05) is 13.1 Å². The summed E-state index contributed by atoms with van der Waals surface area (Å²) in [5.41, 5.74) is 1.43. The predicted octanol–water partition coefficient (Wildman–Crippen LogP) is 2.31. The number of hydrogen-bond acceptors (Lipinski definition) is 4. The van der Waals surface area contributed by atoms with Crippen LogP contribution in [0.1, 0.15) is 40.4 Å². The molecule has 0 aromatic carbocycles. The number of aryl methyl sites for hydroxylation is 3. The van der Waals surface area contributed by atoms with Gasteiger partial charge in [-0.1, -0.05) is 0 Å². The molecule has 1 saturated heterocycles. The molecule has 3 heterocycles. The third-order valence-electron chi connectivity index (χ3n) is 4.60. The molecular weight excluding hydrogens is 306 g/mol. The van der Waals surface area contributed by atoms with Crippen LogP contribution in [0.3, 0.4) is 0 Å². The van der Waals surface area contributed by atoms with E-state index >= 15 is 0 Å². The van der Waals surface area contributed by atoms with E-state index in [1.54, 1.807) is 22.9 Å². The second kappa shape index (κ2) is 6.63. The van der Waals surface area contributed by atoms with Crippen LogP contribution in [0.15, 0.2) is 27.4 Å². The molecule has 1 fully saturated rings. The van der Waals surface area contributed by atoms with Crippen LogP contribution in [0.4, 0.5) is 0 Å². The van der Waals surface area contributed by atoms with Gasteiger partial charge in [-0.05, 0) is 51.7 Å². The highest BCUT2D eigenvalue weighted by molar-refractivity contribution is 5.95. The van der Waals surface area contributed by atoms with Gasteiger partial charge in [0.15, 0.2) is 0 Å². The third kappa shape index (κ3) is 3.42. The molecule has 0 spiro atoms. The van der Waals surface area contributed by atoms with Crippen molar-refractivity contribution >= 4 is 5.91 Å². The third-order valence-corrected chi connectivity index (χ3v) is 4.60. The first-order valence-corrected chi connectivity index (χ1v) is 8.35. The SMILES string of the molecule is Cc1ccc(=O)n(CC2CCN(C(=O)c3cc(C)oc3C)CC2)n1. The Labute approximate surface area is 141 Å². The molecule has 0 radical (unpaired) electrons. The highest BCUT2D eigenvalue weighted by Crippen LogP contribution is 2.22. The van der Waals surface area contributed by atoms with Crippen molar-refractivity contribution in [1.29, 1.82) is 0 Å². The second-order valence-electron chi connectivity index (χ2n) is 6.56. The zero-order chi connectivity index (χ0) is 17.3. The lowest BCUT2D eigenvalue weighted by Gasteiger charge is -2.32. The fraction of sp³-hybridized carbons (Fsp3) is 0.500. The van der Waals surface area contributed by atoms with E-state index in [1.807, 2.05) is 25.7 Å². The molecular formula is C18H23N3O3. The van der Waals surface area contributed by atoms with Crippen molar-refractivity contribution in [3.8, 4) is 0 Å². The topological polar surface area (TPSA) is 68.3 Å². The van der Waals surface area contributed by atoms with Crippen LogP contribution >= 0.6 is 0 Å². The van der Waals surface area contributed by atoms with Crippen LogP contribution in [-0.4, -0.2) is 33.7 Å². The fourth-order valence-corrected chi connectivity index (χ4v) is 3.26. The van der Waals surface area contributed by atoms with E-state index in [2.05, 4.69) is 5.10 Å². The van der Waals surface area contributed by atoms with Crippen molar-refractivity contribution in [2.24, 2.45) is 5.92 Å². The summed E-state index contributed by atoms with van der Waals surface area (Å²) in [6, 6.07) is 5.10. The van der Waals surface area contributed by atoms with Gasteiger partial charge in [0, 0.05) is 25.7 Å². The van der Waals surface area contributed by atoms with E-state index in [-0.39, 0.29) is 11.5 Å². The molecule has 0 bridgehead atoms. The molecule has 2 aromatic rings. The van der Waals surface area contributed by atoms with Crippen LogP contribution in [0.5, 0.6) is 0 Å². The van der Waals surface area contributed by atoms with Gasteiger partial charge in [0.25, 0.3) is 11.5 Å². The Balaban J connectivity index is 1.61. The summed E-state index contributed by atoms with van der Waals surface area (Å²) in [7, 11) is 0. The first kappa shape index (κ1) is 16.5. The number of rotatable bonds is 3. The molecule has 24 heavy (non-hydrogen) atoms. The van der Waals surface area contributed by atoms with Crippen LogP contribution in [-0.2, 0) is 6.54 Å². The van der Waals surface area contributed by atoms with E-state index in [0.29, 0.717) is 36.9 Å². The molecule has 1 aliphatic heterocycles. The maximum absolute atomic E-state index is 12.6. The molecule has 0 unspecified atom stereocenters. The number of furan rings is 1. The molecule has 2 aromatic heterocycles. The summed E-state index contributed by atoms with van der Waals surface area (Å²) in [6.45, 7) is 7.58. The Bertz CT molecular complexity index is 798. The molecule has 1 amide bonds. The summed E-state index contributed by atoms with van der Waals surface area (Å²) in [4.78, 5) is 26.3. The first-order valence-electron chi connectivity index (χ1n) is 8.35. The Hall–Kier alpha value is -2.37. The summed E-state index contributed by atoms with van der Waals surface area (Å²) in [5, 5.41) is 4.29. The zero-order valence-electron chi connectivity index (χ0n) is 14.4. The van der Waals surface area contributed by atoms with E-state index in [0.717, 1.165) is 24.3 Å². The monoisotopic (exact) mass is 329 g/mol. The van der Waals surface area contributed by atoms with Crippen LogP contribution in [0.2, 0.25) is 0 Å². The van der Waals surface area contributed by atoms with Gasteiger partial charge in [0.05, 0.1) is 11.3 Å². The number of carbonyl (C=O) groups is 1. The van der Waals surface area contributed by atoms with Gasteiger partial charge in [-0.15, -0.1) is 0 Å². The highest BCUT2D eigenvalue weighted by Gasteiger charge is 2.26. The molecule has 6 nitrogen and oxygen atoms in total. The average molecular weight is 329 g/mol. The maximum atomic E-state index is 12.6. The van der Waals surface area contributed by atoms with Gasteiger partial charge >= 0.3 is 0 Å². The summed E-state index contributed by atoms with van der Waals surface area (Å²) >= 11 is 0. The molecule has 128 valence electrons. The largest absolute Gasteiger partial charge is 0.466 e. The van der Waals surface area contributed by atoms with Crippen LogP contribution < -0.4 is 5.56 Å². The van der Waals surface area contributed by atoms with Crippen LogP contribution in [0.25, 0.3) is 0 Å². The number of aromatic nitrogens is 2. The molecule has 1 aliphatic rings. The van der Waals surface area contributed by atoms with Crippen LogP contribution in [0, 0.1) is 26.7 Å². The number of hydrogen-bond donors (Lipinski definition) is 0. The second-order valence-corrected chi connectivity index (χ2v) is 6.56. The van der Waals surface area contributed by atoms with Gasteiger partial charge in [-0.25, -0.2) is 4.68 Å². The lowest BCUT2D eigenvalue weighted by molar-refractivity contribution is 0.0678. The standard InChI is InChI=1S/C18H23N3O3/c1-12-4-5-17(22)21(19-12)11-15-6-8-20(9-7-15)18(23)16-10-13(2)24-14(16)3/h4-5,10,15H,6-9,11H2,1-3H3. The number of piperidine rings is 1. The predicted molar refractivity (Wildman–Crippen MR) is 90.0 cm³/mol. The van der Waals surface area contributed by atoms with Crippen molar-refractivity contribution in [3.05, 3.63) is 51.3 Å². The molecule has 0 atom stereocenters. The van der Waals surface area contributed by atoms with Crippen molar-refractivity contribution in [1.82, 2.24) is 14.7 Å². The number of nitrogens with zero attached hydrogens (tertiary/aromatic N) is 3. The summed E-state index contributed by atoms with van der Waals surface area (Å²) in [6.07, 6.45) is 1.76. The molecule has 0 aliphatic carbocycles. The van der Waals surface area contributed by atoms with Gasteiger partial charge in [0.2, 0.25) is 0 Å². The summed E-state index contributed by atoms with van der Waals surface area (Å²) in [5.74, 6) is 1.84. The molecule has 0 saturated carbocycles.